The molecule has 0 atom stereocenters. The van der Waals surface area contributed by atoms with Crippen LogP contribution in [-0.2, 0) is 0 Å². The van der Waals surface area contributed by atoms with E-state index in [2.05, 4.69) is 10.2 Å². The zero-order valence-corrected chi connectivity index (χ0v) is 12.5. The molecule has 0 saturated carbocycles. The van der Waals surface area contributed by atoms with Gasteiger partial charge in [0.05, 0.1) is 5.56 Å². The lowest BCUT2D eigenvalue weighted by Gasteiger charge is -2.01. The van der Waals surface area contributed by atoms with Crippen LogP contribution in [0.3, 0.4) is 0 Å². The number of benzene rings is 3. The van der Waals surface area contributed by atoms with Gasteiger partial charge in [0.1, 0.15) is 0 Å². The van der Waals surface area contributed by atoms with Crippen molar-refractivity contribution in [1.82, 2.24) is 10.2 Å². The van der Waals surface area contributed by atoms with E-state index >= 15 is 0 Å². The SMILES string of the molecule is O=C(O)c1ccc(-c2nnc(-c3cccc4ccccc34)o2)cc1. The molecule has 5 heteroatoms. The zero-order valence-electron chi connectivity index (χ0n) is 12.5. The van der Waals surface area contributed by atoms with Crippen LogP contribution in [-0.4, -0.2) is 21.3 Å². The van der Waals surface area contributed by atoms with E-state index in [1.54, 1.807) is 12.1 Å². The zero-order chi connectivity index (χ0) is 16.5. The summed E-state index contributed by atoms with van der Waals surface area (Å²) in [4.78, 5) is 10.9. The second kappa shape index (κ2) is 5.62. The number of carboxylic acids is 1. The van der Waals surface area contributed by atoms with E-state index in [1.807, 2.05) is 42.5 Å². The van der Waals surface area contributed by atoms with E-state index < -0.39 is 5.97 Å². The number of hydrogen-bond acceptors (Lipinski definition) is 4. The molecule has 0 aliphatic rings. The molecule has 0 spiro atoms. The number of fused-ring (bicyclic) bond motifs is 1. The summed E-state index contributed by atoms with van der Waals surface area (Å²) in [6.07, 6.45) is 0. The normalized spacial score (nSPS) is 10.8. The van der Waals surface area contributed by atoms with E-state index in [0.717, 1.165) is 16.3 Å². The Labute approximate surface area is 137 Å². The van der Waals surface area contributed by atoms with Crippen molar-refractivity contribution in [3.8, 4) is 22.9 Å². The van der Waals surface area contributed by atoms with Crippen LogP contribution in [0.25, 0.3) is 33.7 Å². The molecule has 1 N–H and O–H groups in total. The number of aromatic nitrogens is 2. The van der Waals surface area contributed by atoms with Crippen LogP contribution in [0.15, 0.2) is 71.1 Å². The molecule has 0 bridgehead atoms. The lowest BCUT2D eigenvalue weighted by Crippen LogP contribution is -1.94. The predicted molar refractivity (Wildman–Crippen MR) is 89.6 cm³/mol. The third kappa shape index (κ3) is 2.42. The number of carboxylic acid groups (broad SMARTS) is 1. The summed E-state index contributed by atoms with van der Waals surface area (Å²) < 4.78 is 5.79. The molecule has 0 fully saturated rings. The average Bonchev–Trinajstić information content (AvgIpc) is 3.11. The Hall–Kier alpha value is -3.47. The van der Waals surface area contributed by atoms with Crippen molar-refractivity contribution in [3.63, 3.8) is 0 Å². The topological polar surface area (TPSA) is 76.2 Å². The molecule has 0 amide bonds. The van der Waals surface area contributed by atoms with Crippen LogP contribution in [0.5, 0.6) is 0 Å². The molecule has 24 heavy (non-hydrogen) atoms. The third-order valence-corrected chi connectivity index (χ3v) is 3.82. The van der Waals surface area contributed by atoms with Crippen LogP contribution >= 0.6 is 0 Å². The van der Waals surface area contributed by atoms with E-state index in [0.29, 0.717) is 17.3 Å². The molecule has 4 aromatic rings. The van der Waals surface area contributed by atoms with Crippen LogP contribution in [0.4, 0.5) is 0 Å². The highest BCUT2D eigenvalue weighted by Gasteiger charge is 2.13. The molecule has 4 rings (SSSR count). The van der Waals surface area contributed by atoms with Gasteiger partial charge in [-0.05, 0) is 41.1 Å². The summed E-state index contributed by atoms with van der Waals surface area (Å²) in [5, 5.41) is 19.3. The maximum Gasteiger partial charge on any atom is 0.335 e. The van der Waals surface area contributed by atoms with Gasteiger partial charge in [0.2, 0.25) is 11.8 Å². The maximum atomic E-state index is 10.9. The van der Waals surface area contributed by atoms with Gasteiger partial charge in [0.25, 0.3) is 0 Å². The Bertz CT molecular complexity index is 1030. The van der Waals surface area contributed by atoms with Crippen LogP contribution in [0.2, 0.25) is 0 Å². The van der Waals surface area contributed by atoms with Crippen LogP contribution in [0, 0.1) is 0 Å². The van der Waals surface area contributed by atoms with Gasteiger partial charge in [-0.2, -0.15) is 0 Å². The smallest absolute Gasteiger partial charge is 0.335 e. The summed E-state index contributed by atoms with van der Waals surface area (Å²) in [6, 6.07) is 20.2. The second-order valence-electron chi connectivity index (χ2n) is 5.32. The number of hydrogen-bond donors (Lipinski definition) is 1. The van der Waals surface area contributed by atoms with Crippen molar-refractivity contribution in [1.29, 1.82) is 0 Å². The largest absolute Gasteiger partial charge is 0.478 e. The van der Waals surface area contributed by atoms with Crippen molar-refractivity contribution < 1.29 is 14.3 Å². The van der Waals surface area contributed by atoms with Gasteiger partial charge in [-0.25, -0.2) is 4.79 Å². The Morgan fingerprint density at radius 1 is 0.833 bits per heavy atom. The first kappa shape index (κ1) is 14.1. The van der Waals surface area contributed by atoms with E-state index in [9.17, 15) is 4.79 Å². The summed E-state index contributed by atoms with van der Waals surface area (Å²) in [5.74, 6) is -0.178. The lowest BCUT2D eigenvalue weighted by molar-refractivity contribution is 0.0697. The summed E-state index contributed by atoms with van der Waals surface area (Å²) in [6.45, 7) is 0. The van der Waals surface area contributed by atoms with Crippen molar-refractivity contribution in [2.45, 2.75) is 0 Å². The predicted octanol–water partition coefficient (Wildman–Crippen LogP) is 4.26. The highest BCUT2D eigenvalue weighted by Crippen LogP contribution is 2.29. The van der Waals surface area contributed by atoms with Gasteiger partial charge in [-0.3, -0.25) is 0 Å². The number of carbonyl (C=O) groups is 1. The van der Waals surface area contributed by atoms with Crippen molar-refractivity contribution >= 4 is 16.7 Å². The van der Waals surface area contributed by atoms with Gasteiger partial charge in [-0.1, -0.05) is 36.4 Å². The van der Waals surface area contributed by atoms with Gasteiger partial charge in [0, 0.05) is 11.1 Å². The fourth-order valence-electron chi connectivity index (χ4n) is 2.62. The van der Waals surface area contributed by atoms with E-state index in [4.69, 9.17) is 9.52 Å². The molecule has 0 radical (unpaired) electrons. The standard InChI is InChI=1S/C19H12N2O3/c22-19(23)14-10-8-13(9-11-14)17-20-21-18(24-17)16-7-3-5-12-4-1-2-6-15(12)16/h1-11H,(H,22,23). The lowest BCUT2D eigenvalue weighted by atomic mass is 10.0. The number of nitrogens with zero attached hydrogens (tertiary/aromatic N) is 2. The summed E-state index contributed by atoms with van der Waals surface area (Å²) >= 11 is 0. The fraction of sp³-hybridized carbons (Fsp3) is 0. The first-order chi connectivity index (χ1) is 11.7. The first-order valence-electron chi connectivity index (χ1n) is 7.38. The van der Waals surface area contributed by atoms with Crippen molar-refractivity contribution in [3.05, 3.63) is 72.3 Å². The molecule has 0 saturated heterocycles. The molecule has 116 valence electrons. The molecule has 0 aliphatic heterocycles. The molecule has 1 aromatic heterocycles. The van der Waals surface area contributed by atoms with E-state index in [-0.39, 0.29) is 5.56 Å². The third-order valence-electron chi connectivity index (χ3n) is 3.82. The van der Waals surface area contributed by atoms with Crippen molar-refractivity contribution in [2.75, 3.05) is 0 Å². The van der Waals surface area contributed by atoms with Gasteiger partial charge in [-0.15, -0.1) is 10.2 Å². The molecule has 0 aliphatic carbocycles. The second-order valence-corrected chi connectivity index (χ2v) is 5.32. The molecule has 5 nitrogen and oxygen atoms in total. The highest BCUT2D eigenvalue weighted by molar-refractivity contribution is 5.94. The maximum absolute atomic E-state index is 10.9. The Kier molecular flexibility index (Phi) is 3.31. The van der Waals surface area contributed by atoms with Gasteiger partial charge >= 0.3 is 5.97 Å². The van der Waals surface area contributed by atoms with Gasteiger partial charge < -0.3 is 9.52 Å². The quantitative estimate of drug-likeness (QED) is 0.611. The molecule has 1 heterocycles. The summed E-state index contributed by atoms with van der Waals surface area (Å²) in [7, 11) is 0. The first-order valence-corrected chi connectivity index (χ1v) is 7.38. The molecular weight excluding hydrogens is 304 g/mol. The summed E-state index contributed by atoms with van der Waals surface area (Å²) in [5.41, 5.74) is 1.76. The molecule has 3 aromatic carbocycles. The van der Waals surface area contributed by atoms with Gasteiger partial charge in [0.15, 0.2) is 0 Å². The fourth-order valence-corrected chi connectivity index (χ4v) is 2.62. The van der Waals surface area contributed by atoms with E-state index in [1.165, 1.54) is 12.1 Å². The van der Waals surface area contributed by atoms with Crippen LogP contribution < -0.4 is 0 Å². The minimum absolute atomic E-state index is 0.215. The molecular formula is C19H12N2O3. The Morgan fingerprint density at radius 3 is 2.33 bits per heavy atom. The monoisotopic (exact) mass is 316 g/mol. The minimum Gasteiger partial charge on any atom is -0.478 e. The molecule has 0 unspecified atom stereocenters. The Morgan fingerprint density at radius 2 is 1.54 bits per heavy atom. The minimum atomic E-state index is -0.969. The highest BCUT2D eigenvalue weighted by atomic mass is 16.4. The Balaban J connectivity index is 1.75. The van der Waals surface area contributed by atoms with Crippen molar-refractivity contribution in [2.24, 2.45) is 0 Å². The number of rotatable bonds is 3. The van der Waals surface area contributed by atoms with Crippen LogP contribution in [0.1, 0.15) is 10.4 Å². The average molecular weight is 316 g/mol. The number of aromatic carboxylic acids is 1.